The van der Waals surface area contributed by atoms with Gasteiger partial charge in [0.25, 0.3) is 0 Å². The number of fused-ring (bicyclic) bond motifs is 3. The van der Waals surface area contributed by atoms with E-state index in [4.69, 9.17) is 0 Å². The maximum Gasteiger partial charge on any atom is 0.115 e. The molecule has 1 aromatic carbocycles. The van der Waals surface area contributed by atoms with Crippen LogP contribution in [0.15, 0.2) is 18.2 Å². The van der Waals surface area contributed by atoms with Crippen LogP contribution in [0, 0.1) is 22.7 Å². The van der Waals surface area contributed by atoms with Crippen LogP contribution in [0.4, 0.5) is 0 Å². The van der Waals surface area contributed by atoms with Gasteiger partial charge >= 0.3 is 0 Å². The molecule has 5 rings (SSSR count). The molecule has 0 bridgehead atoms. The van der Waals surface area contributed by atoms with Crippen molar-refractivity contribution in [1.29, 1.82) is 0 Å². The number of aliphatic hydroxyl groups is 1. The molecule has 2 heteroatoms. The fourth-order valence-corrected chi connectivity index (χ4v) is 6.79. The standard InChI is InChI=1S/C19H24O2/c1-18-7-6-15-14-4-3-13(20)8-11(14)2-5-16(15)19(18)10-12(19)9-17(18)21/h3-4,8,12,15-17,20-21H,2,5-7,9-10H2,1H3/t12-,15+,16+,17-,18+,19+/m0/s1. The molecule has 3 fully saturated rings. The minimum Gasteiger partial charge on any atom is -0.508 e. The van der Waals surface area contributed by atoms with Gasteiger partial charge in [-0.05, 0) is 90.4 Å². The Hall–Kier alpha value is -1.02. The van der Waals surface area contributed by atoms with Gasteiger partial charge in [-0.3, -0.25) is 0 Å². The van der Waals surface area contributed by atoms with Gasteiger partial charge in [0.05, 0.1) is 6.10 Å². The molecule has 1 spiro atoms. The number of benzene rings is 1. The van der Waals surface area contributed by atoms with Crippen molar-refractivity contribution in [2.24, 2.45) is 22.7 Å². The van der Waals surface area contributed by atoms with Gasteiger partial charge in [-0.15, -0.1) is 0 Å². The van der Waals surface area contributed by atoms with Crippen LogP contribution >= 0.6 is 0 Å². The Labute approximate surface area is 126 Å². The largest absolute Gasteiger partial charge is 0.508 e. The summed E-state index contributed by atoms with van der Waals surface area (Å²) in [6, 6.07) is 6.01. The van der Waals surface area contributed by atoms with Crippen LogP contribution in [-0.4, -0.2) is 16.3 Å². The Kier molecular flexibility index (Phi) is 2.18. The quantitative estimate of drug-likeness (QED) is 0.764. The number of phenolic OH excluding ortho intramolecular Hbond substituents is 1. The van der Waals surface area contributed by atoms with E-state index in [1.165, 1.54) is 36.8 Å². The Bertz CT molecular complexity index is 624. The van der Waals surface area contributed by atoms with Crippen LogP contribution in [-0.2, 0) is 6.42 Å². The van der Waals surface area contributed by atoms with E-state index in [9.17, 15) is 10.2 Å². The van der Waals surface area contributed by atoms with Gasteiger partial charge in [0.15, 0.2) is 0 Å². The van der Waals surface area contributed by atoms with Crippen molar-refractivity contribution in [3.63, 3.8) is 0 Å². The van der Waals surface area contributed by atoms with Crippen molar-refractivity contribution in [2.45, 2.75) is 57.5 Å². The van der Waals surface area contributed by atoms with E-state index in [0.717, 1.165) is 24.7 Å². The second kappa shape index (κ2) is 3.65. The molecule has 3 saturated carbocycles. The van der Waals surface area contributed by atoms with Gasteiger partial charge in [-0.2, -0.15) is 0 Å². The van der Waals surface area contributed by atoms with E-state index in [0.29, 0.717) is 17.1 Å². The number of aromatic hydroxyl groups is 1. The molecule has 2 N–H and O–H groups in total. The van der Waals surface area contributed by atoms with Gasteiger partial charge in [-0.1, -0.05) is 13.0 Å². The van der Waals surface area contributed by atoms with Crippen molar-refractivity contribution >= 4 is 0 Å². The van der Waals surface area contributed by atoms with E-state index >= 15 is 0 Å². The summed E-state index contributed by atoms with van der Waals surface area (Å²) < 4.78 is 0. The van der Waals surface area contributed by atoms with Crippen LogP contribution in [0.3, 0.4) is 0 Å². The fourth-order valence-electron chi connectivity index (χ4n) is 6.79. The molecule has 1 aromatic rings. The lowest BCUT2D eigenvalue weighted by Gasteiger charge is -2.52. The smallest absolute Gasteiger partial charge is 0.115 e. The van der Waals surface area contributed by atoms with Gasteiger partial charge in [0.2, 0.25) is 0 Å². The second-order valence-corrected chi connectivity index (χ2v) is 8.28. The number of rotatable bonds is 0. The van der Waals surface area contributed by atoms with Crippen LogP contribution in [0.2, 0.25) is 0 Å². The summed E-state index contributed by atoms with van der Waals surface area (Å²) in [7, 11) is 0. The lowest BCUT2D eigenvalue weighted by atomic mass is 9.52. The summed E-state index contributed by atoms with van der Waals surface area (Å²) in [5, 5.41) is 20.3. The Balaban J connectivity index is 1.60. The molecule has 0 aromatic heterocycles. The molecule has 4 aliphatic carbocycles. The van der Waals surface area contributed by atoms with Crippen molar-refractivity contribution in [1.82, 2.24) is 0 Å². The summed E-state index contributed by atoms with van der Waals surface area (Å²) in [4.78, 5) is 0. The molecule has 0 amide bonds. The third kappa shape index (κ3) is 1.30. The van der Waals surface area contributed by atoms with Crippen molar-refractivity contribution in [2.75, 3.05) is 0 Å². The lowest BCUT2D eigenvalue weighted by Crippen LogP contribution is -2.47. The molecule has 0 saturated heterocycles. The minimum atomic E-state index is -0.0709. The predicted octanol–water partition coefficient (Wildman–Crippen LogP) is 3.61. The first kappa shape index (κ1) is 12.5. The summed E-state index contributed by atoms with van der Waals surface area (Å²) in [6.07, 6.45) is 7.07. The Morgan fingerprint density at radius 1 is 1.24 bits per heavy atom. The van der Waals surface area contributed by atoms with E-state index < -0.39 is 0 Å². The molecular weight excluding hydrogens is 260 g/mol. The molecule has 4 aliphatic rings. The summed E-state index contributed by atoms with van der Waals surface area (Å²) >= 11 is 0. The highest BCUT2D eigenvalue weighted by atomic mass is 16.3. The van der Waals surface area contributed by atoms with Crippen LogP contribution < -0.4 is 0 Å². The average Bonchev–Trinajstić information content (AvgIpc) is 3.12. The topological polar surface area (TPSA) is 40.5 Å². The Morgan fingerprint density at radius 2 is 2.10 bits per heavy atom. The number of hydrogen-bond donors (Lipinski definition) is 2. The van der Waals surface area contributed by atoms with Crippen molar-refractivity contribution < 1.29 is 10.2 Å². The molecular formula is C19H24O2. The lowest BCUT2D eigenvalue weighted by molar-refractivity contribution is -0.0558. The monoisotopic (exact) mass is 284 g/mol. The van der Waals surface area contributed by atoms with Crippen LogP contribution in [0.5, 0.6) is 5.75 Å². The SMILES string of the molecule is C[C@]12CC[C@@H]3c4ccc(O)cc4CC[C@H]3[C@]13C[C@@H]3C[C@@H]2O. The zero-order valence-electron chi connectivity index (χ0n) is 12.7. The van der Waals surface area contributed by atoms with Crippen LogP contribution in [0.1, 0.15) is 56.1 Å². The molecule has 0 aliphatic heterocycles. The maximum atomic E-state index is 10.6. The zero-order chi connectivity index (χ0) is 14.4. The van der Waals surface area contributed by atoms with E-state index in [2.05, 4.69) is 13.0 Å². The normalized spacial score (nSPS) is 49.8. The zero-order valence-corrected chi connectivity index (χ0v) is 12.7. The molecule has 6 atom stereocenters. The molecule has 112 valence electrons. The third-order valence-corrected chi connectivity index (χ3v) is 7.83. The van der Waals surface area contributed by atoms with E-state index in [1.807, 2.05) is 12.1 Å². The molecule has 21 heavy (non-hydrogen) atoms. The van der Waals surface area contributed by atoms with Gasteiger partial charge in [0, 0.05) is 0 Å². The van der Waals surface area contributed by atoms with Gasteiger partial charge in [-0.25, -0.2) is 0 Å². The van der Waals surface area contributed by atoms with Crippen molar-refractivity contribution in [3.05, 3.63) is 29.3 Å². The van der Waals surface area contributed by atoms with Crippen LogP contribution in [0.25, 0.3) is 0 Å². The first-order valence-electron chi connectivity index (χ1n) is 8.56. The highest BCUT2D eigenvalue weighted by Gasteiger charge is 2.76. The molecule has 2 nitrogen and oxygen atoms in total. The predicted molar refractivity (Wildman–Crippen MR) is 81.2 cm³/mol. The van der Waals surface area contributed by atoms with E-state index in [1.54, 1.807) is 0 Å². The molecule has 0 heterocycles. The molecule has 0 radical (unpaired) electrons. The third-order valence-electron chi connectivity index (χ3n) is 7.83. The average molecular weight is 284 g/mol. The van der Waals surface area contributed by atoms with E-state index in [-0.39, 0.29) is 11.5 Å². The number of hydrogen-bond acceptors (Lipinski definition) is 2. The maximum absolute atomic E-state index is 10.6. The highest BCUT2D eigenvalue weighted by Crippen LogP contribution is 2.81. The first-order valence-corrected chi connectivity index (χ1v) is 8.56. The summed E-state index contributed by atoms with van der Waals surface area (Å²) in [6.45, 7) is 2.37. The number of phenols is 1. The Morgan fingerprint density at radius 3 is 2.95 bits per heavy atom. The van der Waals surface area contributed by atoms with Gasteiger partial charge < -0.3 is 10.2 Å². The fraction of sp³-hybridized carbons (Fsp3) is 0.684. The number of aliphatic hydroxyl groups excluding tert-OH is 1. The summed E-state index contributed by atoms with van der Waals surface area (Å²) in [5.41, 5.74) is 3.47. The van der Waals surface area contributed by atoms with Crippen molar-refractivity contribution in [3.8, 4) is 5.75 Å². The number of aryl methyl sites for hydroxylation is 1. The van der Waals surface area contributed by atoms with Gasteiger partial charge in [0.1, 0.15) is 5.75 Å². The minimum absolute atomic E-state index is 0.0709. The summed E-state index contributed by atoms with van der Waals surface area (Å²) in [5.74, 6) is 2.61. The highest BCUT2D eigenvalue weighted by molar-refractivity contribution is 5.42. The molecule has 0 unspecified atom stereocenters. The second-order valence-electron chi connectivity index (χ2n) is 8.28. The first-order chi connectivity index (χ1) is 10.1.